The van der Waals surface area contributed by atoms with Crippen molar-refractivity contribution in [2.24, 2.45) is 0 Å². The topological polar surface area (TPSA) is 115 Å². The molecular formula is C18H17N3O5S. The average molecular weight is 387 g/mol. The first-order valence-corrected chi connectivity index (χ1v) is 10.1. The van der Waals surface area contributed by atoms with E-state index in [0.29, 0.717) is 23.2 Å². The van der Waals surface area contributed by atoms with Gasteiger partial charge in [-0.3, -0.25) is 4.79 Å². The molecule has 1 aliphatic rings. The van der Waals surface area contributed by atoms with E-state index in [-0.39, 0.29) is 23.0 Å². The maximum Gasteiger partial charge on any atom is 0.287 e. The lowest BCUT2D eigenvalue weighted by Crippen LogP contribution is -2.24. The summed E-state index contributed by atoms with van der Waals surface area (Å²) in [5.41, 5.74) is 0.295. The van der Waals surface area contributed by atoms with Crippen molar-refractivity contribution < 1.29 is 22.2 Å². The summed E-state index contributed by atoms with van der Waals surface area (Å²) in [4.78, 5) is 16.8. The highest BCUT2D eigenvalue weighted by Crippen LogP contribution is 2.38. The summed E-state index contributed by atoms with van der Waals surface area (Å²) in [7, 11) is -3.59. The molecule has 2 aromatic heterocycles. The zero-order valence-electron chi connectivity index (χ0n) is 14.3. The second-order valence-corrected chi connectivity index (χ2v) is 8.34. The van der Waals surface area contributed by atoms with Crippen LogP contribution in [0.3, 0.4) is 0 Å². The van der Waals surface area contributed by atoms with E-state index in [0.717, 1.165) is 12.8 Å². The fraction of sp³-hybridized carbons (Fsp3) is 0.278. The van der Waals surface area contributed by atoms with Gasteiger partial charge in [0.25, 0.3) is 5.91 Å². The van der Waals surface area contributed by atoms with Crippen molar-refractivity contribution in [3.63, 3.8) is 0 Å². The van der Waals surface area contributed by atoms with Crippen LogP contribution in [-0.4, -0.2) is 24.5 Å². The molecule has 4 rings (SSSR count). The third-order valence-electron chi connectivity index (χ3n) is 4.22. The largest absolute Gasteiger partial charge is 0.459 e. The van der Waals surface area contributed by atoms with Gasteiger partial charge in [0, 0.05) is 11.5 Å². The summed E-state index contributed by atoms with van der Waals surface area (Å²) in [5, 5.41) is 6.45. The van der Waals surface area contributed by atoms with Gasteiger partial charge in [0.05, 0.1) is 23.5 Å². The average Bonchev–Trinajstić information content (AvgIpc) is 3.23. The lowest BCUT2D eigenvalue weighted by molar-refractivity contribution is 0.0921. The maximum absolute atomic E-state index is 12.5. The molecule has 8 nitrogen and oxygen atoms in total. The molecule has 140 valence electrons. The molecule has 1 amide bonds. The van der Waals surface area contributed by atoms with Crippen LogP contribution in [-0.2, 0) is 22.1 Å². The van der Waals surface area contributed by atoms with Crippen molar-refractivity contribution in [3.05, 3.63) is 65.7 Å². The van der Waals surface area contributed by atoms with Crippen molar-refractivity contribution in [1.29, 1.82) is 0 Å². The predicted molar refractivity (Wildman–Crippen MR) is 93.5 cm³/mol. The minimum absolute atomic E-state index is 0.0413. The predicted octanol–water partition coefficient (Wildman–Crippen LogP) is 2.44. The standard InChI is InChI=1S/C18H17N3O5S/c22-17(19-10-15-20-18(26-21-15)12-6-7-12)16-13(8-9-25-16)11-27(23,24)14-4-2-1-3-5-14/h1-5,8-9,12H,6-7,10-11H2,(H,19,22). The number of amides is 1. The molecule has 27 heavy (non-hydrogen) atoms. The van der Waals surface area contributed by atoms with Gasteiger partial charge in [0.15, 0.2) is 21.4 Å². The van der Waals surface area contributed by atoms with E-state index < -0.39 is 15.7 Å². The van der Waals surface area contributed by atoms with Crippen LogP contribution in [0.15, 0.2) is 56.5 Å². The van der Waals surface area contributed by atoms with Gasteiger partial charge in [-0.2, -0.15) is 4.98 Å². The molecule has 0 aliphatic heterocycles. The number of nitrogens with zero attached hydrogens (tertiary/aromatic N) is 2. The zero-order chi connectivity index (χ0) is 18.9. The number of carbonyl (C=O) groups excluding carboxylic acids is 1. The van der Waals surface area contributed by atoms with Crippen LogP contribution < -0.4 is 5.32 Å². The summed E-state index contributed by atoms with van der Waals surface area (Å²) in [6.07, 6.45) is 3.38. The fourth-order valence-electron chi connectivity index (χ4n) is 2.64. The minimum atomic E-state index is -3.59. The molecular weight excluding hydrogens is 370 g/mol. The van der Waals surface area contributed by atoms with Crippen molar-refractivity contribution >= 4 is 15.7 Å². The lowest BCUT2D eigenvalue weighted by atomic mass is 10.2. The summed E-state index contributed by atoms with van der Waals surface area (Å²) in [6.45, 7) is 0.0701. The van der Waals surface area contributed by atoms with Crippen LogP contribution in [0, 0.1) is 0 Å². The molecule has 0 unspecified atom stereocenters. The molecule has 1 aliphatic carbocycles. The Morgan fingerprint density at radius 1 is 1.19 bits per heavy atom. The number of carbonyl (C=O) groups is 1. The number of benzene rings is 1. The van der Waals surface area contributed by atoms with Crippen molar-refractivity contribution in [2.45, 2.75) is 36.0 Å². The van der Waals surface area contributed by atoms with E-state index in [4.69, 9.17) is 8.94 Å². The number of sulfone groups is 1. The summed E-state index contributed by atoms with van der Waals surface area (Å²) in [5.74, 6) is 0.394. The molecule has 0 saturated heterocycles. The second-order valence-electron chi connectivity index (χ2n) is 6.35. The Labute approximate surface area is 155 Å². The Bertz CT molecular complexity index is 1050. The molecule has 1 aromatic carbocycles. The number of aromatic nitrogens is 2. The smallest absolute Gasteiger partial charge is 0.287 e. The molecule has 3 aromatic rings. The van der Waals surface area contributed by atoms with E-state index >= 15 is 0 Å². The van der Waals surface area contributed by atoms with Gasteiger partial charge in [-0.05, 0) is 31.0 Å². The molecule has 0 radical (unpaired) electrons. The third kappa shape index (κ3) is 3.92. The van der Waals surface area contributed by atoms with Crippen LogP contribution in [0.2, 0.25) is 0 Å². The maximum atomic E-state index is 12.5. The first-order chi connectivity index (χ1) is 13.0. The minimum Gasteiger partial charge on any atom is -0.459 e. The summed E-state index contributed by atoms with van der Waals surface area (Å²) >= 11 is 0. The molecule has 2 heterocycles. The van der Waals surface area contributed by atoms with Crippen LogP contribution in [0.4, 0.5) is 0 Å². The van der Waals surface area contributed by atoms with Gasteiger partial charge >= 0.3 is 0 Å². The summed E-state index contributed by atoms with van der Waals surface area (Å²) < 4.78 is 35.4. The highest BCUT2D eigenvalue weighted by Gasteiger charge is 2.29. The highest BCUT2D eigenvalue weighted by atomic mass is 32.2. The van der Waals surface area contributed by atoms with Gasteiger partial charge in [0.2, 0.25) is 5.89 Å². The number of hydrogen-bond donors (Lipinski definition) is 1. The zero-order valence-corrected chi connectivity index (χ0v) is 15.1. The lowest BCUT2D eigenvalue weighted by Gasteiger charge is -2.05. The normalized spacial score (nSPS) is 14.2. The Kier molecular flexibility index (Phi) is 4.53. The first-order valence-electron chi connectivity index (χ1n) is 8.48. The van der Waals surface area contributed by atoms with Gasteiger partial charge in [-0.25, -0.2) is 8.42 Å². The van der Waals surface area contributed by atoms with Crippen LogP contribution in [0.25, 0.3) is 0 Å². The monoisotopic (exact) mass is 387 g/mol. The van der Waals surface area contributed by atoms with Crippen LogP contribution in [0.1, 0.15) is 46.6 Å². The Balaban J connectivity index is 1.43. The Morgan fingerprint density at radius 3 is 2.70 bits per heavy atom. The highest BCUT2D eigenvalue weighted by molar-refractivity contribution is 7.90. The Morgan fingerprint density at radius 2 is 1.96 bits per heavy atom. The summed E-state index contributed by atoms with van der Waals surface area (Å²) in [6, 6.07) is 9.55. The molecule has 1 saturated carbocycles. The molecule has 9 heteroatoms. The van der Waals surface area contributed by atoms with Crippen molar-refractivity contribution in [1.82, 2.24) is 15.5 Å². The second kappa shape index (κ2) is 6.99. The van der Waals surface area contributed by atoms with Gasteiger partial charge in [0.1, 0.15) is 0 Å². The molecule has 0 spiro atoms. The fourth-order valence-corrected chi connectivity index (χ4v) is 4.01. The molecule has 0 atom stereocenters. The first kappa shape index (κ1) is 17.5. The number of furan rings is 1. The molecule has 1 N–H and O–H groups in total. The van der Waals surface area contributed by atoms with E-state index in [1.54, 1.807) is 18.2 Å². The van der Waals surface area contributed by atoms with Gasteiger partial charge in [-0.15, -0.1) is 0 Å². The van der Waals surface area contributed by atoms with Gasteiger partial charge < -0.3 is 14.3 Å². The van der Waals surface area contributed by atoms with E-state index in [1.165, 1.54) is 24.5 Å². The van der Waals surface area contributed by atoms with Crippen LogP contribution in [0.5, 0.6) is 0 Å². The Hall–Kier alpha value is -2.94. The quantitative estimate of drug-likeness (QED) is 0.662. The third-order valence-corrected chi connectivity index (χ3v) is 5.90. The number of rotatable bonds is 7. The molecule has 0 bridgehead atoms. The van der Waals surface area contributed by atoms with Crippen LogP contribution >= 0.6 is 0 Å². The van der Waals surface area contributed by atoms with E-state index in [9.17, 15) is 13.2 Å². The SMILES string of the molecule is O=C(NCc1noc(C2CC2)n1)c1occc1CS(=O)(=O)c1ccccc1. The van der Waals surface area contributed by atoms with E-state index in [1.807, 2.05) is 0 Å². The van der Waals surface area contributed by atoms with E-state index in [2.05, 4.69) is 15.5 Å². The number of nitrogens with one attached hydrogen (secondary N) is 1. The van der Waals surface area contributed by atoms with Gasteiger partial charge in [-0.1, -0.05) is 23.4 Å². The number of hydrogen-bond acceptors (Lipinski definition) is 7. The molecule has 1 fully saturated rings. The van der Waals surface area contributed by atoms with Crippen molar-refractivity contribution in [2.75, 3.05) is 0 Å². The van der Waals surface area contributed by atoms with Crippen molar-refractivity contribution in [3.8, 4) is 0 Å².